The average molecular weight is 375 g/mol. The fourth-order valence-corrected chi connectivity index (χ4v) is 4.99. The number of fused-ring (bicyclic) bond motifs is 2. The maximum atomic E-state index is 12.6. The largest absolute Gasteiger partial charge is 0.508 e. The van der Waals surface area contributed by atoms with Gasteiger partial charge in [0.2, 0.25) is 5.91 Å². The predicted octanol–water partition coefficient (Wildman–Crippen LogP) is 2.00. The molecule has 3 heterocycles. The first-order valence-electron chi connectivity index (χ1n) is 8.26. The topological polar surface area (TPSA) is 97.0 Å². The van der Waals surface area contributed by atoms with E-state index in [1.807, 2.05) is 6.92 Å². The van der Waals surface area contributed by atoms with Gasteiger partial charge in [0.15, 0.2) is 0 Å². The molecule has 2 aliphatic heterocycles. The van der Waals surface area contributed by atoms with E-state index in [-0.39, 0.29) is 28.7 Å². The highest BCUT2D eigenvalue weighted by atomic mass is 32.2. The number of carbonyl (C=O) groups excluding carboxylic acids is 2. The molecule has 0 bridgehead atoms. The number of hydrogen-bond donors (Lipinski definition) is 1. The van der Waals surface area contributed by atoms with Crippen LogP contribution in [0.2, 0.25) is 0 Å². The molecule has 4 rings (SSSR count). The highest BCUT2D eigenvalue weighted by Crippen LogP contribution is 2.47. The highest BCUT2D eigenvalue weighted by molar-refractivity contribution is 8.01. The third-order valence-corrected chi connectivity index (χ3v) is 6.41. The third-order valence-electron chi connectivity index (χ3n) is 4.90. The van der Waals surface area contributed by atoms with Gasteiger partial charge in [-0.3, -0.25) is 4.79 Å². The van der Waals surface area contributed by atoms with Gasteiger partial charge in [0.05, 0.1) is 4.87 Å². The third kappa shape index (κ3) is 2.74. The van der Waals surface area contributed by atoms with Crippen molar-refractivity contribution in [2.24, 2.45) is 0 Å². The second-order valence-corrected chi connectivity index (χ2v) is 8.15. The van der Waals surface area contributed by atoms with Crippen LogP contribution < -0.4 is 5.63 Å². The maximum absolute atomic E-state index is 12.6. The van der Waals surface area contributed by atoms with E-state index >= 15 is 0 Å². The Morgan fingerprint density at radius 1 is 1.42 bits per heavy atom. The van der Waals surface area contributed by atoms with Crippen molar-refractivity contribution in [1.29, 1.82) is 0 Å². The maximum Gasteiger partial charge on any atom is 0.336 e. The quantitative estimate of drug-likeness (QED) is 0.647. The number of ether oxygens (including phenoxy) is 1. The molecule has 26 heavy (non-hydrogen) atoms. The molecule has 1 aromatic carbocycles. The molecule has 0 spiro atoms. The van der Waals surface area contributed by atoms with E-state index < -0.39 is 17.6 Å². The lowest BCUT2D eigenvalue weighted by Crippen LogP contribution is -2.46. The SMILES string of the molecule is C[C@@]12CCC(=O)N1[C@@H](C(=O)OCc1cc(=O)oc3cc(O)ccc13)CS2. The molecule has 2 fully saturated rings. The number of rotatable bonds is 3. The first-order valence-corrected chi connectivity index (χ1v) is 9.24. The smallest absolute Gasteiger partial charge is 0.336 e. The van der Waals surface area contributed by atoms with Gasteiger partial charge in [-0.2, -0.15) is 0 Å². The van der Waals surface area contributed by atoms with Gasteiger partial charge in [0, 0.05) is 35.3 Å². The Kier molecular flexibility index (Phi) is 3.95. The average Bonchev–Trinajstić information content (AvgIpc) is 3.08. The molecular weight excluding hydrogens is 358 g/mol. The van der Waals surface area contributed by atoms with Gasteiger partial charge in [0.1, 0.15) is 24.0 Å². The number of esters is 1. The van der Waals surface area contributed by atoms with Crippen molar-refractivity contribution in [3.8, 4) is 5.75 Å². The molecule has 0 aliphatic carbocycles. The zero-order valence-electron chi connectivity index (χ0n) is 14.1. The second kappa shape index (κ2) is 6.05. The summed E-state index contributed by atoms with van der Waals surface area (Å²) in [5.41, 5.74) is 0.126. The van der Waals surface area contributed by atoms with Crippen molar-refractivity contribution in [1.82, 2.24) is 4.90 Å². The van der Waals surface area contributed by atoms with E-state index in [9.17, 15) is 19.5 Å². The minimum Gasteiger partial charge on any atom is -0.508 e. The Hall–Kier alpha value is -2.48. The summed E-state index contributed by atoms with van der Waals surface area (Å²) in [7, 11) is 0. The van der Waals surface area contributed by atoms with Crippen LogP contribution in [-0.4, -0.2) is 38.5 Å². The van der Waals surface area contributed by atoms with Crippen molar-refractivity contribution in [2.45, 2.75) is 37.3 Å². The molecule has 2 atom stereocenters. The molecule has 0 radical (unpaired) electrons. The Bertz CT molecular complexity index is 970. The number of benzene rings is 1. The summed E-state index contributed by atoms with van der Waals surface area (Å²) >= 11 is 1.60. The summed E-state index contributed by atoms with van der Waals surface area (Å²) in [6.45, 7) is 1.86. The van der Waals surface area contributed by atoms with E-state index in [0.29, 0.717) is 23.1 Å². The minimum atomic E-state index is -0.601. The van der Waals surface area contributed by atoms with Crippen LogP contribution in [0.5, 0.6) is 5.75 Å². The number of aromatic hydroxyl groups is 1. The molecule has 2 aliphatic rings. The van der Waals surface area contributed by atoms with E-state index in [4.69, 9.17) is 9.15 Å². The zero-order valence-corrected chi connectivity index (χ0v) is 14.9. The molecular formula is C18H17NO6S. The van der Waals surface area contributed by atoms with Gasteiger partial charge < -0.3 is 19.2 Å². The van der Waals surface area contributed by atoms with Crippen LogP contribution in [0.1, 0.15) is 25.3 Å². The summed E-state index contributed by atoms with van der Waals surface area (Å²) in [6, 6.07) is 5.07. The van der Waals surface area contributed by atoms with Crippen molar-refractivity contribution in [2.75, 3.05) is 5.75 Å². The molecule has 136 valence electrons. The highest BCUT2D eigenvalue weighted by Gasteiger charge is 2.53. The minimum absolute atomic E-state index is 0.0235. The fraction of sp³-hybridized carbons (Fsp3) is 0.389. The monoisotopic (exact) mass is 375 g/mol. The Labute approximate surface area is 152 Å². The first kappa shape index (κ1) is 17.0. The van der Waals surface area contributed by atoms with Crippen LogP contribution >= 0.6 is 11.8 Å². The lowest BCUT2D eigenvalue weighted by molar-refractivity contribution is -0.154. The van der Waals surface area contributed by atoms with Gasteiger partial charge in [-0.05, 0) is 25.5 Å². The fourth-order valence-electron chi connectivity index (χ4n) is 3.58. The first-order chi connectivity index (χ1) is 12.4. The zero-order chi connectivity index (χ0) is 18.5. The number of phenols is 1. The molecule has 2 saturated heterocycles. The van der Waals surface area contributed by atoms with Crippen molar-refractivity contribution in [3.05, 3.63) is 40.2 Å². The summed E-state index contributed by atoms with van der Waals surface area (Å²) in [5.74, 6) is -0.0194. The number of carbonyl (C=O) groups is 2. The van der Waals surface area contributed by atoms with Crippen LogP contribution in [0.15, 0.2) is 33.5 Å². The van der Waals surface area contributed by atoms with E-state index in [1.54, 1.807) is 22.7 Å². The number of amides is 1. The molecule has 1 amide bonds. The molecule has 7 nitrogen and oxygen atoms in total. The molecule has 0 unspecified atom stereocenters. The van der Waals surface area contributed by atoms with Gasteiger partial charge in [-0.25, -0.2) is 9.59 Å². The molecule has 1 aromatic heterocycles. The van der Waals surface area contributed by atoms with Crippen molar-refractivity contribution in [3.63, 3.8) is 0 Å². The van der Waals surface area contributed by atoms with Gasteiger partial charge >= 0.3 is 11.6 Å². The van der Waals surface area contributed by atoms with Crippen LogP contribution in [0, 0.1) is 0 Å². The van der Waals surface area contributed by atoms with Gasteiger partial charge in [0.25, 0.3) is 0 Å². The summed E-state index contributed by atoms with van der Waals surface area (Å²) in [5, 5.41) is 10.1. The lowest BCUT2D eigenvalue weighted by Gasteiger charge is -2.29. The molecule has 2 aromatic rings. The van der Waals surface area contributed by atoms with Crippen LogP contribution in [0.3, 0.4) is 0 Å². The van der Waals surface area contributed by atoms with Crippen molar-refractivity contribution >= 4 is 34.6 Å². The Morgan fingerprint density at radius 2 is 2.23 bits per heavy atom. The summed E-state index contributed by atoms with van der Waals surface area (Å²) < 4.78 is 10.5. The normalized spacial score (nSPS) is 24.9. The molecule has 0 saturated carbocycles. The van der Waals surface area contributed by atoms with Crippen LogP contribution in [0.25, 0.3) is 11.0 Å². The van der Waals surface area contributed by atoms with Crippen LogP contribution in [0.4, 0.5) is 0 Å². The predicted molar refractivity (Wildman–Crippen MR) is 94.7 cm³/mol. The number of phenolic OH excluding ortho intramolecular Hbond substituents is 1. The van der Waals surface area contributed by atoms with Crippen LogP contribution in [-0.2, 0) is 20.9 Å². The molecule has 8 heteroatoms. The van der Waals surface area contributed by atoms with Gasteiger partial charge in [-0.1, -0.05) is 0 Å². The van der Waals surface area contributed by atoms with Crippen molar-refractivity contribution < 1.29 is 23.8 Å². The number of hydrogen-bond acceptors (Lipinski definition) is 7. The number of thioether (sulfide) groups is 1. The second-order valence-electron chi connectivity index (χ2n) is 6.64. The van der Waals surface area contributed by atoms with E-state index in [2.05, 4.69) is 0 Å². The van der Waals surface area contributed by atoms with E-state index in [0.717, 1.165) is 6.42 Å². The summed E-state index contributed by atoms with van der Waals surface area (Å²) in [6.07, 6.45) is 1.18. The van der Waals surface area contributed by atoms with E-state index in [1.165, 1.54) is 18.2 Å². The lowest BCUT2D eigenvalue weighted by atomic mass is 10.1. The number of nitrogens with zero attached hydrogens (tertiary/aromatic N) is 1. The standard InChI is InChI=1S/C18H17NO6S/c1-18-5-4-15(21)19(18)13(9-26-18)17(23)24-8-10-6-16(22)25-14-7-11(20)2-3-12(10)14/h2-3,6-7,13,20H,4-5,8-9H2,1H3/t13-,18-/m1/s1. The Balaban J connectivity index is 1.55. The van der Waals surface area contributed by atoms with Gasteiger partial charge in [-0.15, -0.1) is 11.8 Å². The Morgan fingerprint density at radius 3 is 3.04 bits per heavy atom. The summed E-state index contributed by atoms with van der Waals surface area (Å²) in [4.78, 5) is 37.7. The molecule has 1 N–H and O–H groups in total.